The molecule has 176 valence electrons. The van der Waals surface area contributed by atoms with E-state index in [1.165, 1.54) is 5.56 Å². The molecule has 3 aromatic rings. The Bertz CT molecular complexity index is 1130. The van der Waals surface area contributed by atoms with Gasteiger partial charge in [-0.2, -0.15) is 0 Å². The molecule has 0 bridgehead atoms. The quantitative estimate of drug-likeness (QED) is 0.517. The lowest BCUT2D eigenvalue weighted by molar-refractivity contribution is -0.139. The van der Waals surface area contributed by atoms with Crippen LogP contribution in [0.3, 0.4) is 0 Å². The van der Waals surface area contributed by atoms with Gasteiger partial charge in [0.15, 0.2) is 0 Å². The average Bonchev–Trinajstić information content (AvgIpc) is 2.97. The summed E-state index contributed by atoms with van der Waals surface area (Å²) in [5.41, 5.74) is 3.66. The molecule has 4 rings (SSSR count). The molecule has 3 aromatic carbocycles. The van der Waals surface area contributed by atoms with Gasteiger partial charge in [-0.3, -0.25) is 9.59 Å². The van der Waals surface area contributed by atoms with Crippen LogP contribution in [-0.2, 0) is 16.1 Å². The van der Waals surface area contributed by atoms with Crippen LogP contribution in [0.15, 0.2) is 78.9 Å². The summed E-state index contributed by atoms with van der Waals surface area (Å²) in [5, 5.41) is 12.9. The summed E-state index contributed by atoms with van der Waals surface area (Å²) in [6.45, 7) is 4.94. The van der Waals surface area contributed by atoms with Crippen molar-refractivity contribution in [1.82, 2.24) is 5.32 Å². The van der Waals surface area contributed by atoms with Crippen molar-refractivity contribution in [3.05, 3.63) is 95.6 Å². The second kappa shape index (κ2) is 10.5. The van der Waals surface area contributed by atoms with Crippen LogP contribution in [0.1, 0.15) is 42.4 Å². The van der Waals surface area contributed by atoms with Gasteiger partial charge < -0.3 is 20.1 Å². The summed E-state index contributed by atoms with van der Waals surface area (Å²) in [7, 11) is 0. The van der Waals surface area contributed by atoms with Crippen LogP contribution < -0.4 is 15.0 Å². The smallest absolute Gasteiger partial charge is 0.312 e. The van der Waals surface area contributed by atoms with Gasteiger partial charge in [-0.05, 0) is 34.7 Å². The number of hydrogen-bond acceptors (Lipinski definition) is 4. The van der Waals surface area contributed by atoms with E-state index in [1.807, 2.05) is 42.5 Å². The molecule has 0 saturated carbocycles. The van der Waals surface area contributed by atoms with E-state index >= 15 is 0 Å². The molecular weight excluding hydrogens is 428 g/mol. The standard InChI is InChI=1S/C28H30N2O4/c1-19(2)21-14-12-20(13-15-21)17-30-25-10-6-7-11-26(25)34-18-24(27(30)31)29-16-23(28(32)33)22-8-4-3-5-9-22/h3-15,19,23-24,29H,16-18H2,1-2H3,(H,32,33)/t23-,24+/m0/s1. The number of carbonyl (C=O) groups excluding carboxylic acids is 1. The van der Waals surface area contributed by atoms with E-state index in [-0.39, 0.29) is 19.1 Å². The lowest BCUT2D eigenvalue weighted by atomic mass is 9.99. The molecule has 0 aliphatic carbocycles. The van der Waals surface area contributed by atoms with Crippen LogP contribution in [0.2, 0.25) is 0 Å². The van der Waals surface area contributed by atoms with E-state index in [1.54, 1.807) is 17.0 Å². The third-order valence-corrected chi connectivity index (χ3v) is 6.18. The minimum absolute atomic E-state index is 0.117. The summed E-state index contributed by atoms with van der Waals surface area (Å²) in [4.78, 5) is 27.3. The van der Waals surface area contributed by atoms with E-state index in [4.69, 9.17) is 4.74 Å². The maximum absolute atomic E-state index is 13.6. The van der Waals surface area contributed by atoms with Crippen molar-refractivity contribution in [2.24, 2.45) is 0 Å². The van der Waals surface area contributed by atoms with Gasteiger partial charge in [0, 0.05) is 6.54 Å². The van der Waals surface area contributed by atoms with Crippen molar-refractivity contribution in [1.29, 1.82) is 0 Å². The van der Waals surface area contributed by atoms with Crippen molar-refractivity contribution < 1.29 is 19.4 Å². The van der Waals surface area contributed by atoms with Crippen LogP contribution in [0.4, 0.5) is 5.69 Å². The first-order valence-corrected chi connectivity index (χ1v) is 11.6. The number of anilines is 1. The predicted molar refractivity (Wildman–Crippen MR) is 132 cm³/mol. The fourth-order valence-electron chi connectivity index (χ4n) is 4.15. The number of nitrogens with zero attached hydrogens (tertiary/aromatic N) is 1. The Kier molecular flexibility index (Phi) is 7.28. The molecule has 1 aliphatic heterocycles. The van der Waals surface area contributed by atoms with Crippen LogP contribution in [-0.4, -0.2) is 36.2 Å². The number of rotatable bonds is 8. The first-order chi connectivity index (χ1) is 16.4. The molecule has 6 heteroatoms. The first kappa shape index (κ1) is 23.5. The molecule has 34 heavy (non-hydrogen) atoms. The number of nitrogens with one attached hydrogen (secondary N) is 1. The van der Waals surface area contributed by atoms with Gasteiger partial charge in [-0.1, -0.05) is 80.6 Å². The molecule has 0 radical (unpaired) electrons. The minimum Gasteiger partial charge on any atom is -0.489 e. The van der Waals surface area contributed by atoms with E-state index in [0.29, 0.717) is 29.5 Å². The number of hydrogen-bond donors (Lipinski definition) is 2. The van der Waals surface area contributed by atoms with Crippen molar-refractivity contribution in [2.45, 2.75) is 38.3 Å². The highest BCUT2D eigenvalue weighted by Crippen LogP contribution is 2.32. The highest BCUT2D eigenvalue weighted by Gasteiger charge is 2.32. The number of para-hydroxylation sites is 2. The van der Waals surface area contributed by atoms with E-state index in [0.717, 1.165) is 5.56 Å². The lowest BCUT2D eigenvalue weighted by Crippen LogP contribution is -2.49. The number of fused-ring (bicyclic) bond motifs is 1. The zero-order valence-corrected chi connectivity index (χ0v) is 19.5. The number of amides is 1. The molecule has 1 amide bonds. The van der Waals surface area contributed by atoms with E-state index in [2.05, 4.69) is 43.4 Å². The number of carboxylic acid groups (broad SMARTS) is 1. The van der Waals surface area contributed by atoms with Gasteiger partial charge in [-0.25, -0.2) is 0 Å². The maximum Gasteiger partial charge on any atom is 0.312 e. The van der Waals surface area contributed by atoms with Gasteiger partial charge in [0.2, 0.25) is 5.91 Å². The Balaban J connectivity index is 1.56. The number of carbonyl (C=O) groups is 2. The van der Waals surface area contributed by atoms with Crippen LogP contribution in [0.25, 0.3) is 0 Å². The molecule has 0 saturated heterocycles. The third-order valence-electron chi connectivity index (χ3n) is 6.18. The highest BCUT2D eigenvalue weighted by molar-refractivity contribution is 5.99. The van der Waals surface area contributed by atoms with Crippen LogP contribution >= 0.6 is 0 Å². The highest BCUT2D eigenvalue weighted by atomic mass is 16.5. The molecular formula is C28H30N2O4. The lowest BCUT2D eigenvalue weighted by Gasteiger charge is -2.26. The topological polar surface area (TPSA) is 78.9 Å². The molecule has 2 N–H and O–H groups in total. The maximum atomic E-state index is 13.6. The second-order valence-electron chi connectivity index (χ2n) is 8.86. The molecule has 0 fully saturated rings. The van der Waals surface area contributed by atoms with Gasteiger partial charge >= 0.3 is 5.97 Å². The molecule has 6 nitrogen and oxygen atoms in total. The molecule has 1 aliphatic rings. The van der Waals surface area contributed by atoms with Crippen molar-refractivity contribution >= 4 is 17.6 Å². The number of aliphatic carboxylic acids is 1. The summed E-state index contributed by atoms with van der Waals surface area (Å²) >= 11 is 0. The predicted octanol–water partition coefficient (Wildman–Crippen LogP) is 4.56. The van der Waals surface area contributed by atoms with Crippen molar-refractivity contribution in [3.63, 3.8) is 0 Å². The first-order valence-electron chi connectivity index (χ1n) is 11.6. The number of carboxylic acids is 1. The largest absolute Gasteiger partial charge is 0.489 e. The van der Waals surface area contributed by atoms with Crippen molar-refractivity contribution in [2.75, 3.05) is 18.1 Å². The summed E-state index contributed by atoms with van der Waals surface area (Å²) in [6, 6.07) is 24.2. The number of benzene rings is 3. The van der Waals surface area contributed by atoms with Gasteiger partial charge in [0.25, 0.3) is 0 Å². The molecule has 0 unspecified atom stereocenters. The number of ether oxygens (including phenoxy) is 1. The Labute approximate surface area is 200 Å². The molecule has 0 aromatic heterocycles. The second-order valence-corrected chi connectivity index (χ2v) is 8.86. The third kappa shape index (κ3) is 5.29. The molecule has 1 heterocycles. The Morgan fingerprint density at radius 3 is 2.35 bits per heavy atom. The summed E-state index contributed by atoms with van der Waals surface area (Å²) < 4.78 is 5.98. The molecule has 0 spiro atoms. The SMILES string of the molecule is CC(C)c1ccc(CN2C(=O)[C@H](NC[C@H](C(=O)O)c3ccccc3)COc3ccccc32)cc1. The zero-order chi connectivity index (χ0) is 24.1. The summed E-state index contributed by atoms with van der Waals surface area (Å²) in [6.07, 6.45) is 0. The molecule has 2 atom stereocenters. The normalized spacial score (nSPS) is 16.5. The monoisotopic (exact) mass is 458 g/mol. The fourth-order valence-corrected chi connectivity index (χ4v) is 4.15. The Morgan fingerprint density at radius 1 is 1.00 bits per heavy atom. The zero-order valence-electron chi connectivity index (χ0n) is 19.5. The van der Waals surface area contributed by atoms with Gasteiger partial charge in [-0.15, -0.1) is 0 Å². The Hall–Kier alpha value is -3.64. The fraction of sp³-hybridized carbons (Fsp3) is 0.286. The average molecular weight is 459 g/mol. The van der Waals surface area contributed by atoms with Crippen molar-refractivity contribution in [3.8, 4) is 5.75 Å². The van der Waals surface area contributed by atoms with Crippen LogP contribution in [0, 0.1) is 0 Å². The Morgan fingerprint density at radius 2 is 1.68 bits per heavy atom. The van der Waals surface area contributed by atoms with Gasteiger partial charge in [0.1, 0.15) is 18.4 Å². The minimum atomic E-state index is -0.939. The summed E-state index contributed by atoms with van der Waals surface area (Å²) in [5.74, 6) is -0.780. The van der Waals surface area contributed by atoms with E-state index in [9.17, 15) is 14.7 Å². The van der Waals surface area contributed by atoms with E-state index < -0.39 is 17.9 Å². The van der Waals surface area contributed by atoms with Gasteiger partial charge in [0.05, 0.1) is 18.2 Å². The van der Waals surface area contributed by atoms with Crippen LogP contribution in [0.5, 0.6) is 5.75 Å².